The second kappa shape index (κ2) is 9.53. The van der Waals surface area contributed by atoms with Gasteiger partial charge in [-0.05, 0) is 55.7 Å². The Labute approximate surface area is 209 Å². The standard InChI is InChI=1S/C28H29N5O3/c1-32-18-22(27(31-32)19-6-9-25-26(16-19)36-15-5-14-35-25)28(34)30-23-7-8-24(33-12-3-2-4-13-33)20-10-11-29-17-21(20)23/h6-11,16-18H,2-5,12-15H2,1H3,(H,30,34). The molecule has 1 amide bonds. The summed E-state index contributed by atoms with van der Waals surface area (Å²) in [5.74, 6) is 1.17. The van der Waals surface area contributed by atoms with Gasteiger partial charge >= 0.3 is 0 Å². The Balaban J connectivity index is 1.33. The van der Waals surface area contributed by atoms with E-state index >= 15 is 0 Å². The van der Waals surface area contributed by atoms with E-state index in [1.54, 1.807) is 10.9 Å². The van der Waals surface area contributed by atoms with Gasteiger partial charge in [0.2, 0.25) is 0 Å². The van der Waals surface area contributed by atoms with E-state index in [-0.39, 0.29) is 5.91 Å². The Morgan fingerprint density at radius 1 is 0.944 bits per heavy atom. The molecule has 0 atom stereocenters. The normalized spacial score (nSPS) is 15.5. The van der Waals surface area contributed by atoms with E-state index in [2.05, 4.69) is 26.4 Å². The monoisotopic (exact) mass is 483 g/mol. The van der Waals surface area contributed by atoms with E-state index in [4.69, 9.17) is 9.47 Å². The maximum Gasteiger partial charge on any atom is 0.259 e. The van der Waals surface area contributed by atoms with Crippen molar-refractivity contribution >= 4 is 28.1 Å². The molecule has 2 aliphatic rings. The van der Waals surface area contributed by atoms with Crippen molar-refractivity contribution in [2.24, 2.45) is 7.05 Å². The molecule has 0 bridgehead atoms. The molecule has 8 heteroatoms. The summed E-state index contributed by atoms with van der Waals surface area (Å²) in [7, 11) is 1.82. The van der Waals surface area contributed by atoms with Gasteiger partial charge in [-0.15, -0.1) is 0 Å². The van der Waals surface area contributed by atoms with Gasteiger partial charge in [-0.3, -0.25) is 14.5 Å². The first-order chi connectivity index (χ1) is 17.7. The molecule has 2 aromatic carbocycles. The van der Waals surface area contributed by atoms with Crippen LogP contribution in [0.15, 0.2) is 55.0 Å². The maximum atomic E-state index is 13.5. The zero-order chi connectivity index (χ0) is 24.5. The van der Waals surface area contributed by atoms with Gasteiger partial charge in [-0.2, -0.15) is 5.10 Å². The van der Waals surface area contributed by atoms with Crippen molar-refractivity contribution in [3.8, 4) is 22.8 Å². The van der Waals surface area contributed by atoms with Gasteiger partial charge in [0.25, 0.3) is 5.91 Å². The fourth-order valence-electron chi connectivity index (χ4n) is 5.06. The average Bonchev–Trinajstić information content (AvgIpc) is 3.16. The summed E-state index contributed by atoms with van der Waals surface area (Å²) in [4.78, 5) is 20.3. The number of hydrogen-bond acceptors (Lipinski definition) is 6. The summed E-state index contributed by atoms with van der Waals surface area (Å²) in [6, 6.07) is 11.8. The zero-order valence-corrected chi connectivity index (χ0v) is 20.4. The first-order valence-corrected chi connectivity index (χ1v) is 12.5. The van der Waals surface area contributed by atoms with Gasteiger partial charge in [-0.25, -0.2) is 0 Å². The largest absolute Gasteiger partial charge is 0.490 e. The molecule has 36 heavy (non-hydrogen) atoms. The van der Waals surface area contributed by atoms with Gasteiger partial charge < -0.3 is 19.7 Å². The van der Waals surface area contributed by atoms with Crippen LogP contribution >= 0.6 is 0 Å². The Morgan fingerprint density at radius 2 is 1.78 bits per heavy atom. The highest BCUT2D eigenvalue weighted by molar-refractivity contribution is 6.13. The maximum absolute atomic E-state index is 13.5. The Morgan fingerprint density at radius 3 is 2.64 bits per heavy atom. The summed E-state index contributed by atoms with van der Waals surface area (Å²) < 4.78 is 13.3. The first kappa shape index (κ1) is 22.4. The predicted molar refractivity (Wildman–Crippen MR) is 140 cm³/mol. The number of fused-ring (bicyclic) bond motifs is 2. The van der Waals surface area contributed by atoms with Crippen molar-refractivity contribution in [3.63, 3.8) is 0 Å². The number of hydrogen-bond donors (Lipinski definition) is 1. The number of ether oxygens (including phenoxy) is 2. The Bertz CT molecular complexity index is 1420. The van der Waals surface area contributed by atoms with Crippen LogP contribution in [-0.4, -0.2) is 47.0 Å². The summed E-state index contributed by atoms with van der Waals surface area (Å²) in [5, 5.41) is 9.74. The highest BCUT2D eigenvalue weighted by Gasteiger charge is 2.21. The molecule has 2 aromatic heterocycles. The third-order valence-electron chi connectivity index (χ3n) is 6.83. The minimum absolute atomic E-state index is 0.221. The van der Waals surface area contributed by atoms with E-state index in [9.17, 15) is 4.79 Å². The molecule has 4 heterocycles. The Hall–Kier alpha value is -4.07. The predicted octanol–water partition coefficient (Wildman–Crippen LogP) is 5.04. The fourth-order valence-corrected chi connectivity index (χ4v) is 5.06. The van der Waals surface area contributed by atoms with Crippen molar-refractivity contribution < 1.29 is 14.3 Å². The van der Waals surface area contributed by atoms with Crippen LogP contribution in [0.25, 0.3) is 22.0 Å². The van der Waals surface area contributed by atoms with Crippen LogP contribution in [0, 0.1) is 0 Å². The number of carbonyl (C=O) groups is 1. The lowest BCUT2D eigenvalue weighted by atomic mass is 10.0. The van der Waals surface area contributed by atoms with Crippen LogP contribution in [0.2, 0.25) is 0 Å². The number of anilines is 2. The SMILES string of the molecule is Cn1cc(C(=O)Nc2ccc(N3CCCCC3)c3ccncc23)c(-c2ccc3c(c2)OCCCO3)n1. The third-order valence-corrected chi connectivity index (χ3v) is 6.83. The van der Waals surface area contributed by atoms with Crippen molar-refractivity contribution in [1.82, 2.24) is 14.8 Å². The second-order valence-corrected chi connectivity index (χ2v) is 9.33. The van der Waals surface area contributed by atoms with Gasteiger partial charge in [0, 0.05) is 67.2 Å². The number of benzene rings is 2. The Kier molecular flexibility index (Phi) is 5.93. The number of rotatable bonds is 4. The average molecular weight is 484 g/mol. The van der Waals surface area contributed by atoms with Gasteiger partial charge in [-0.1, -0.05) is 0 Å². The molecule has 2 aliphatic heterocycles. The number of aryl methyl sites for hydroxylation is 1. The van der Waals surface area contributed by atoms with Crippen LogP contribution in [0.4, 0.5) is 11.4 Å². The van der Waals surface area contributed by atoms with Gasteiger partial charge in [0.1, 0.15) is 5.69 Å². The lowest BCUT2D eigenvalue weighted by molar-refractivity contribution is 0.102. The van der Waals surface area contributed by atoms with Crippen LogP contribution in [0.5, 0.6) is 11.5 Å². The van der Waals surface area contributed by atoms with Crippen LogP contribution in [0.3, 0.4) is 0 Å². The smallest absolute Gasteiger partial charge is 0.259 e. The molecule has 0 radical (unpaired) electrons. The van der Waals surface area contributed by atoms with Crippen LogP contribution in [-0.2, 0) is 7.05 Å². The summed E-state index contributed by atoms with van der Waals surface area (Å²) >= 11 is 0. The van der Waals surface area contributed by atoms with E-state index in [1.807, 2.05) is 49.8 Å². The molecule has 6 rings (SSSR count). The summed E-state index contributed by atoms with van der Waals surface area (Å²) in [6.07, 6.45) is 9.90. The van der Waals surface area contributed by atoms with E-state index in [0.29, 0.717) is 36.0 Å². The van der Waals surface area contributed by atoms with Crippen molar-refractivity contribution in [2.75, 3.05) is 36.5 Å². The number of aromatic nitrogens is 3. The zero-order valence-electron chi connectivity index (χ0n) is 20.4. The molecule has 184 valence electrons. The number of amides is 1. The quantitative estimate of drug-likeness (QED) is 0.438. The first-order valence-electron chi connectivity index (χ1n) is 12.5. The highest BCUT2D eigenvalue weighted by atomic mass is 16.5. The molecule has 1 fully saturated rings. The molecule has 1 N–H and O–H groups in total. The van der Waals surface area contributed by atoms with E-state index in [0.717, 1.165) is 41.5 Å². The minimum Gasteiger partial charge on any atom is -0.490 e. The van der Waals surface area contributed by atoms with Crippen LogP contribution < -0.4 is 19.7 Å². The topological polar surface area (TPSA) is 81.5 Å². The van der Waals surface area contributed by atoms with Gasteiger partial charge in [0.15, 0.2) is 11.5 Å². The van der Waals surface area contributed by atoms with Crippen molar-refractivity contribution in [1.29, 1.82) is 0 Å². The number of nitrogens with zero attached hydrogens (tertiary/aromatic N) is 4. The fraction of sp³-hybridized carbons (Fsp3) is 0.321. The van der Waals surface area contributed by atoms with E-state index < -0.39 is 0 Å². The summed E-state index contributed by atoms with van der Waals surface area (Å²) in [6.45, 7) is 3.33. The minimum atomic E-state index is -0.221. The number of nitrogens with one attached hydrogen (secondary N) is 1. The van der Waals surface area contributed by atoms with E-state index in [1.165, 1.54) is 24.9 Å². The third kappa shape index (κ3) is 4.23. The molecule has 0 unspecified atom stereocenters. The second-order valence-electron chi connectivity index (χ2n) is 9.33. The highest BCUT2D eigenvalue weighted by Crippen LogP contribution is 2.36. The summed E-state index contributed by atoms with van der Waals surface area (Å²) in [5.41, 5.74) is 3.82. The molecule has 8 nitrogen and oxygen atoms in total. The molecule has 0 saturated carbocycles. The molecule has 4 aromatic rings. The lowest BCUT2D eigenvalue weighted by Gasteiger charge is -2.30. The van der Waals surface area contributed by atoms with Crippen molar-refractivity contribution in [3.05, 3.63) is 60.6 Å². The molecule has 0 spiro atoms. The lowest BCUT2D eigenvalue weighted by Crippen LogP contribution is -2.29. The molecular weight excluding hydrogens is 454 g/mol. The number of pyridine rings is 1. The number of piperidine rings is 1. The molecule has 0 aliphatic carbocycles. The molecule has 1 saturated heterocycles. The van der Waals surface area contributed by atoms with Crippen LogP contribution in [0.1, 0.15) is 36.0 Å². The van der Waals surface area contributed by atoms with Crippen molar-refractivity contribution in [2.45, 2.75) is 25.7 Å². The molecular formula is C28H29N5O3. The van der Waals surface area contributed by atoms with Gasteiger partial charge in [0.05, 0.1) is 24.5 Å². The number of carbonyl (C=O) groups excluding carboxylic acids is 1.